The minimum Gasteiger partial charge on any atom is -0.379 e. The van der Waals surface area contributed by atoms with E-state index in [-0.39, 0.29) is 18.4 Å². The highest BCUT2D eigenvalue weighted by Gasteiger charge is 2.22. The molecule has 0 aromatic heterocycles. The van der Waals surface area contributed by atoms with Crippen LogP contribution in [0.15, 0.2) is 12.2 Å². The van der Waals surface area contributed by atoms with Crippen LogP contribution in [0.3, 0.4) is 0 Å². The third kappa shape index (κ3) is 14.4. The molecular weight excluding hydrogens is 370 g/mol. The smallest absolute Gasteiger partial charge is 0.253 e. The van der Waals surface area contributed by atoms with E-state index in [2.05, 4.69) is 6.92 Å². The zero-order chi connectivity index (χ0) is 21.0. The first-order chi connectivity index (χ1) is 14.3. The number of ether oxygens (including phenoxy) is 3. The van der Waals surface area contributed by atoms with Gasteiger partial charge in [-0.3, -0.25) is 14.5 Å². The third-order valence-electron chi connectivity index (χ3n) is 5.00. The SMILES string of the molecule is CCCCCCCCCCCCCOCCOCCOCCN1C(=O)C=CC1=O. The van der Waals surface area contributed by atoms with Crippen LogP contribution in [0.1, 0.15) is 77.6 Å². The van der Waals surface area contributed by atoms with Gasteiger partial charge in [0.2, 0.25) is 0 Å². The van der Waals surface area contributed by atoms with Crippen molar-refractivity contribution >= 4 is 11.8 Å². The molecule has 1 rings (SSSR count). The van der Waals surface area contributed by atoms with Gasteiger partial charge in [-0.25, -0.2) is 0 Å². The van der Waals surface area contributed by atoms with Crippen LogP contribution in [0.25, 0.3) is 0 Å². The van der Waals surface area contributed by atoms with Crippen molar-refractivity contribution in [2.24, 2.45) is 0 Å². The fraction of sp³-hybridized carbons (Fsp3) is 0.826. The molecule has 6 heteroatoms. The molecule has 0 N–H and O–H groups in total. The maximum Gasteiger partial charge on any atom is 0.253 e. The van der Waals surface area contributed by atoms with E-state index in [1.54, 1.807) is 0 Å². The Labute approximate surface area is 176 Å². The van der Waals surface area contributed by atoms with E-state index in [9.17, 15) is 9.59 Å². The number of carbonyl (C=O) groups is 2. The predicted octanol–water partition coefficient (Wildman–Crippen LogP) is 4.27. The van der Waals surface area contributed by atoms with Gasteiger partial charge in [0, 0.05) is 18.8 Å². The predicted molar refractivity (Wildman–Crippen MR) is 115 cm³/mol. The monoisotopic (exact) mass is 411 g/mol. The minimum atomic E-state index is -0.273. The lowest BCUT2D eigenvalue weighted by Crippen LogP contribution is -2.33. The van der Waals surface area contributed by atoms with Crippen LogP contribution in [0.4, 0.5) is 0 Å². The lowest BCUT2D eigenvalue weighted by atomic mass is 10.1. The standard InChI is InChI=1S/C23H41NO5/c1-2-3-4-5-6-7-8-9-10-11-12-16-27-18-20-29-21-19-28-17-15-24-22(25)13-14-23(24)26/h13-14H,2-12,15-21H2,1H3. The van der Waals surface area contributed by atoms with Crippen LogP contribution >= 0.6 is 0 Å². The molecule has 0 saturated carbocycles. The highest BCUT2D eigenvalue weighted by atomic mass is 16.5. The van der Waals surface area contributed by atoms with E-state index in [0.29, 0.717) is 33.0 Å². The Morgan fingerprint density at radius 2 is 1.00 bits per heavy atom. The normalized spacial score (nSPS) is 13.8. The molecule has 0 fully saturated rings. The van der Waals surface area contributed by atoms with E-state index in [1.165, 1.54) is 81.3 Å². The van der Waals surface area contributed by atoms with Crippen LogP contribution in [-0.4, -0.2) is 62.9 Å². The van der Waals surface area contributed by atoms with Gasteiger partial charge in [0.1, 0.15) is 0 Å². The molecule has 0 radical (unpaired) electrons. The minimum absolute atomic E-state index is 0.273. The van der Waals surface area contributed by atoms with Gasteiger partial charge in [0.05, 0.1) is 39.6 Å². The number of carbonyl (C=O) groups excluding carboxylic acids is 2. The van der Waals surface area contributed by atoms with Crippen LogP contribution < -0.4 is 0 Å². The van der Waals surface area contributed by atoms with Crippen molar-refractivity contribution in [3.05, 3.63) is 12.2 Å². The lowest BCUT2D eigenvalue weighted by molar-refractivity contribution is -0.137. The first-order valence-corrected chi connectivity index (χ1v) is 11.5. The van der Waals surface area contributed by atoms with Crippen LogP contribution in [-0.2, 0) is 23.8 Å². The molecule has 0 saturated heterocycles. The number of nitrogens with zero attached hydrogens (tertiary/aromatic N) is 1. The largest absolute Gasteiger partial charge is 0.379 e. The molecule has 0 aromatic rings. The van der Waals surface area contributed by atoms with Gasteiger partial charge in [-0.1, -0.05) is 71.1 Å². The second kappa shape index (κ2) is 18.8. The quantitative estimate of drug-likeness (QED) is 0.208. The van der Waals surface area contributed by atoms with Crippen molar-refractivity contribution in [3.8, 4) is 0 Å². The summed E-state index contributed by atoms with van der Waals surface area (Å²) in [5.41, 5.74) is 0. The maximum atomic E-state index is 11.3. The van der Waals surface area contributed by atoms with E-state index in [4.69, 9.17) is 14.2 Å². The summed E-state index contributed by atoms with van der Waals surface area (Å²) >= 11 is 0. The molecule has 0 atom stereocenters. The van der Waals surface area contributed by atoms with Gasteiger partial charge in [0.15, 0.2) is 0 Å². The molecule has 0 aromatic carbocycles. The maximum absolute atomic E-state index is 11.3. The molecular formula is C23H41NO5. The van der Waals surface area contributed by atoms with E-state index in [0.717, 1.165) is 13.0 Å². The number of hydrogen-bond donors (Lipinski definition) is 0. The molecule has 0 aliphatic carbocycles. The molecule has 1 heterocycles. The highest BCUT2D eigenvalue weighted by molar-refractivity contribution is 6.12. The third-order valence-corrected chi connectivity index (χ3v) is 5.00. The Morgan fingerprint density at radius 1 is 0.586 bits per heavy atom. The Bertz CT molecular complexity index is 435. The van der Waals surface area contributed by atoms with Crippen molar-refractivity contribution in [3.63, 3.8) is 0 Å². The summed E-state index contributed by atoms with van der Waals surface area (Å²) in [5, 5.41) is 0. The Balaban J connectivity index is 1.69. The van der Waals surface area contributed by atoms with Gasteiger partial charge in [-0.05, 0) is 6.42 Å². The van der Waals surface area contributed by atoms with E-state index in [1.807, 2.05) is 0 Å². The van der Waals surface area contributed by atoms with Crippen LogP contribution in [0.2, 0.25) is 0 Å². The topological polar surface area (TPSA) is 65.1 Å². The van der Waals surface area contributed by atoms with Gasteiger partial charge >= 0.3 is 0 Å². The molecule has 6 nitrogen and oxygen atoms in total. The summed E-state index contributed by atoms with van der Waals surface area (Å²) in [6, 6.07) is 0. The molecule has 29 heavy (non-hydrogen) atoms. The number of unbranched alkanes of at least 4 members (excludes halogenated alkanes) is 10. The molecule has 1 aliphatic heterocycles. The second-order valence-corrected chi connectivity index (χ2v) is 7.53. The Kier molecular flexibility index (Phi) is 16.7. The van der Waals surface area contributed by atoms with E-state index < -0.39 is 0 Å². The Morgan fingerprint density at radius 3 is 1.52 bits per heavy atom. The van der Waals surface area contributed by atoms with Gasteiger partial charge in [0.25, 0.3) is 11.8 Å². The molecule has 0 bridgehead atoms. The summed E-state index contributed by atoms with van der Waals surface area (Å²) in [5.74, 6) is -0.547. The van der Waals surface area contributed by atoms with Crippen molar-refractivity contribution < 1.29 is 23.8 Å². The van der Waals surface area contributed by atoms with Crippen LogP contribution in [0, 0.1) is 0 Å². The van der Waals surface area contributed by atoms with Gasteiger partial charge in [-0.2, -0.15) is 0 Å². The molecule has 2 amide bonds. The molecule has 0 unspecified atom stereocenters. The lowest BCUT2D eigenvalue weighted by Gasteiger charge is -2.13. The van der Waals surface area contributed by atoms with E-state index >= 15 is 0 Å². The fourth-order valence-corrected chi connectivity index (χ4v) is 3.22. The summed E-state index contributed by atoms with van der Waals surface area (Å²) in [4.78, 5) is 23.9. The van der Waals surface area contributed by atoms with Crippen molar-refractivity contribution in [2.45, 2.75) is 77.6 Å². The fourth-order valence-electron chi connectivity index (χ4n) is 3.22. The Hall–Kier alpha value is -1.24. The summed E-state index contributed by atoms with van der Waals surface area (Å²) in [6.45, 7) is 5.80. The van der Waals surface area contributed by atoms with Crippen molar-refractivity contribution in [2.75, 3.05) is 46.2 Å². The van der Waals surface area contributed by atoms with Crippen molar-refractivity contribution in [1.29, 1.82) is 0 Å². The number of rotatable bonds is 21. The average molecular weight is 412 g/mol. The summed E-state index contributed by atoms with van der Waals surface area (Å²) < 4.78 is 16.4. The zero-order valence-corrected chi connectivity index (χ0v) is 18.4. The molecule has 0 spiro atoms. The van der Waals surface area contributed by atoms with Gasteiger partial charge in [-0.15, -0.1) is 0 Å². The highest BCUT2D eigenvalue weighted by Crippen LogP contribution is 2.11. The first-order valence-electron chi connectivity index (χ1n) is 11.5. The summed E-state index contributed by atoms with van der Waals surface area (Å²) in [7, 11) is 0. The van der Waals surface area contributed by atoms with Crippen molar-refractivity contribution in [1.82, 2.24) is 4.90 Å². The average Bonchev–Trinajstić information content (AvgIpc) is 3.04. The molecule has 1 aliphatic rings. The zero-order valence-electron chi connectivity index (χ0n) is 18.4. The number of amides is 2. The first kappa shape index (κ1) is 25.8. The van der Waals surface area contributed by atoms with Crippen LogP contribution in [0.5, 0.6) is 0 Å². The number of imide groups is 1. The number of hydrogen-bond acceptors (Lipinski definition) is 5. The summed E-state index contributed by atoms with van der Waals surface area (Å²) in [6.07, 6.45) is 17.3. The van der Waals surface area contributed by atoms with Gasteiger partial charge < -0.3 is 14.2 Å². The second-order valence-electron chi connectivity index (χ2n) is 7.53. The molecule has 168 valence electrons.